The average Bonchev–Trinajstić information content (AvgIpc) is 2.58. The van der Waals surface area contributed by atoms with Gasteiger partial charge in [-0.1, -0.05) is 31.4 Å². The Hall–Kier alpha value is -1.30. The Morgan fingerprint density at radius 1 is 1.29 bits per heavy atom. The highest BCUT2D eigenvalue weighted by Crippen LogP contribution is 2.34. The van der Waals surface area contributed by atoms with Crippen molar-refractivity contribution in [2.45, 2.75) is 37.6 Å². The Bertz CT molecular complexity index is 539. The summed E-state index contributed by atoms with van der Waals surface area (Å²) in [5.74, 6) is 0.745. The van der Waals surface area contributed by atoms with Gasteiger partial charge in [0.15, 0.2) is 0 Å². The highest BCUT2D eigenvalue weighted by molar-refractivity contribution is 5.93. The Morgan fingerprint density at radius 3 is 2.79 bits per heavy atom. The molecule has 1 saturated heterocycles. The van der Waals surface area contributed by atoms with Crippen LogP contribution in [0.5, 0.6) is 5.75 Å². The molecule has 5 nitrogen and oxygen atoms in total. The molecule has 1 aromatic rings. The number of benzene rings is 1. The first-order valence-electron chi connectivity index (χ1n) is 8.62. The van der Waals surface area contributed by atoms with E-state index in [0.717, 1.165) is 25.3 Å². The van der Waals surface area contributed by atoms with Crippen molar-refractivity contribution in [1.29, 1.82) is 0 Å². The summed E-state index contributed by atoms with van der Waals surface area (Å²) < 4.78 is 5.31. The quantitative estimate of drug-likeness (QED) is 0.873. The minimum absolute atomic E-state index is 0. The second-order valence-electron chi connectivity index (χ2n) is 6.63. The van der Waals surface area contributed by atoms with Crippen LogP contribution in [0.15, 0.2) is 24.3 Å². The zero-order chi connectivity index (χ0) is 16.1. The number of hydrogen-bond acceptors (Lipinski definition) is 4. The summed E-state index contributed by atoms with van der Waals surface area (Å²) in [6, 6.07) is 7.56. The van der Waals surface area contributed by atoms with Crippen molar-refractivity contribution in [1.82, 2.24) is 10.2 Å². The smallest absolute Gasteiger partial charge is 0.238 e. The number of nitrogens with zero attached hydrogens (tertiary/aromatic N) is 1. The van der Waals surface area contributed by atoms with E-state index in [1.807, 2.05) is 24.3 Å². The van der Waals surface area contributed by atoms with E-state index in [9.17, 15) is 4.79 Å². The lowest BCUT2D eigenvalue weighted by atomic mass is 9.79. The van der Waals surface area contributed by atoms with Crippen LogP contribution in [0, 0.1) is 0 Å². The molecule has 24 heavy (non-hydrogen) atoms. The van der Waals surface area contributed by atoms with Gasteiger partial charge in [-0.3, -0.25) is 9.69 Å². The Balaban J connectivity index is 0.00000208. The van der Waals surface area contributed by atoms with Crippen LogP contribution in [0.2, 0.25) is 0 Å². The number of methoxy groups -OCH3 is 1. The molecule has 1 aliphatic carbocycles. The molecule has 0 atom stereocenters. The van der Waals surface area contributed by atoms with Crippen LogP contribution >= 0.6 is 12.4 Å². The largest absolute Gasteiger partial charge is 0.495 e. The summed E-state index contributed by atoms with van der Waals surface area (Å²) >= 11 is 0. The second kappa shape index (κ2) is 8.70. The number of rotatable bonds is 4. The lowest BCUT2D eigenvalue weighted by molar-refractivity contribution is -0.120. The summed E-state index contributed by atoms with van der Waals surface area (Å²) in [4.78, 5) is 14.9. The summed E-state index contributed by atoms with van der Waals surface area (Å²) in [6.45, 7) is 3.37. The van der Waals surface area contributed by atoms with Gasteiger partial charge in [0.1, 0.15) is 5.75 Å². The van der Waals surface area contributed by atoms with E-state index in [4.69, 9.17) is 4.74 Å². The molecule has 1 heterocycles. The number of nitrogens with one attached hydrogen (secondary N) is 2. The molecule has 1 spiro atoms. The normalized spacial score (nSPS) is 20.2. The summed E-state index contributed by atoms with van der Waals surface area (Å²) in [7, 11) is 1.62. The molecular weight excluding hydrogens is 326 g/mol. The van der Waals surface area contributed by atoms with Crippen LogP contribution in [0.4, 0.5) is 5.69 Å². The average molecular weight is 354 g/mol. The topological polar surface area (TPSA) is 53.6 Å². The Kier molecular flexibility index (Phi) is 6.90. The van der Waals surface area contributed by atoms with Gasteiger partial charge in [0.05, 0.1) is 19.3 Å². The van der Waals surface area contributed by atoms with Crippen LogP contribution < -0.4 is 15.4 Å². The van der Waals surface area contributed by atoms with Gasteiger partial charge in [-0.2, -0.15) is 0 Å². The molecular formula is C18H28ClN3O2. The summed E-state index contributed by atoms with van der Waals surface area (Å²) in [5, 5.41) is 6.53. The maximum absolute atomic E-state index is 12.5. The van der Waals surface area contributed by atoms with E-state index in [0.29, 0.717) is 12.3 Å². The molecule has 0 bridgehead atoms. The van der Waals surface area contributed by atoms with Gasteiger partial charge < -0.3 is 15.4 Å². The minimum Gasteiger partial charge on any atom is -0.495 e. The maximum atomic E-state index is 12.5. The van der Waals surface area contributed by atoms with Crippen LogP contribution in [-0.2, 0) is 4.79 Å². The van der Waals surface area contributed by atoms with E-state index in [-0.39, 0.29) is 23.9 Å². The number of amides is 1. The van der Waals surface area contributed by atoms with E-state index >= 15 is 0 Å². The van der Waals surface area contributed by atoms with Crippen molar-refractivity contribution < 1.29 is 9.53 Å². The Labute approximate surface area is 150 Å². The van der Waals surface area contributed by atoms with Gasteiger partial charge in [0.25, 0.3) is 0 Å². The second-order valence-corrected chi connectivity index (χ2v) is 6.63. The first-order valence-corrected chi connectivity index (χ1v) is 8.62. The highest BCUT2D eigenvalue weighted by atomic mass is 35.5. The minimum atomic E-state index is 0. The molecule has 6 heteroatoms. The van der Waals surface area contributed by atoms with Crippen LogP contribution in [-0.4, -0.2) is 49.6 Å². The fraction of sp³-hybridized carbons (Fsp3) is 0.611. The lowest BCUT2D eigenvalue weighted by Crippen LogP contribution is -2.63. The molecule has 0 aromatic heterocycles. The molecule has 1 amide bonds. The first kappa shape index (κ1) is 19.0. The third kappa shape index (κ3) is 4.21. The maximum Gasteiger partial charge on any atom is 0.238 e. The predicted octanol–water partition coefficient (Wildman–Crippen LogP) is 2.66. The first-order chi connectivity index (χ1) is 11.2. The number of ether oxygens (including phenoxy) is 1. The van der Waals surface area contributed by atoms with Crippen molar-refractivity contribution in [3.8, 4) is 5.75 Å². The third-order valence-corrected chi connectivity index (χ3v) is 5.18. The van der Waals surface area contributed by atoms with Gasteiger partial charge in [0.2, 0.25) is 5.91 Å². The van der Waals surface area contributed by atoms with Crippen molar-refractivity contribution in [3.63, 3.8) is 0 Å². The van der Waals surface area contributed by atoms with Gasteiger partial charge in [-0.25, -0.2) is 0 Å². The molecule has 1 aliphatic heterocycles. The van der Waals surface area contributed by atoms with E-state index < -0.39 is 0 Å². The van der Waals surface area contributed by atoms with Gasteiger partial charge in [-0.05, 0) is 25.0 Å². The van der Waals surface area contributed by atoms with Gasteiger partial charge in [0, 0.05) is 25.2 Å². The zero-order valence-corrected chi connectivity index (χ0v) is 15.2. The fourth-order valence-electron chi connectivity index (χ4n) is 3.94. The van der Waals surface area contributed by atoms with E-state index in [1.54, 1.807) is 7.11 Å². The van der Waals surface area contributed by atoms with E-state index in [1.165, 1.54) is 32.1 Å². The molecule has 0 radical (unpaired) electrons. The number of piperazine rings is 1. The highest BCUT2D eigenvalue weighted by Gasteiger charge is 2.40. The van der Waals surface area contributed by atoms with Crippen molar-refractivity contribution in [2.24, 2.45) is 0 Å². The standard InChI is InChI=1S/C18H27N3O2.ClH/c1-23-16-8-4-3-7-15(16)20-17(22)13-21-12-11-19-14-18(21)9-5-2-6-10-18;/h3-4,7-8,19H,2,5-6,9-14H2,1H3,(H,20,22);1H. The molecule has 0 unspecified atom stereocenters. The van der Waals surface area contributed by atoms with Crippen LogP contribution in [0.1, 0.15) is 32.1 Å². The van der Waals surface area contributed by atoms with Crippen molar-refractivity contribution >= 4 is 24.0 Å². The number of carbonyl (C=O) groups is 1. The molecule has 3 rings (SSSR count). The molecule has 134 valence electrons. The Morgan fingerprint density at radius 2 is 2.04 bits per heavy atom. The molecule has 1 saturated carbocycles. The third-order valence-electron chi connectivity index (χ3n) is 5.18. The molecule has 2 fully saturated rings. The number of anilines is 1. The zero-order valence-electron chi connectivity index (χ0n) is 14.3. The van der Waals surface area contributed by atoms with Crippen molar-refractivity contribution in [2.75, 3.05) is 38.6 Å². The lowest BCUT2D eigenvalue weighted by Gasteiger charge is -2.49. The predicted molar refractivity (Wildman–Crippen MR) is 99.1 cm³/mol. The number of hydrogen-bond donors (Lipinski definition) is 2. The van der Waals surface area contributed by atoms with E-state index in [2.05, 4.69) is 15.5 Å². The molecule has 2 N–H and O–H groups in total. The summed E-state index contributed by atoms with van der Waals surface area (Å²) in [5.41, 5.74) is 0.919. The summed E-state index contributed by atoms with van der Waals surface area (Å²) in [6.07, 6.45) is 6.26. The van der Waals surface area contributed by atoms with Crippen LogP contribution in [0.3, 0.4) is 0 Å². The monoisotopic (exact) mass is 353 g/mol. The SMILES string of the molecule is COc1ccccc1NC(=O)CN1CCNCC12CCCCC2.Cl. The van der Waals surface area contributed by atoms with Gasteiger partial charge >= 0.3 is 0 Å². The number of para-hydroxylation sites is 2. The number of carbonyl (C=O) groups excluding carboxylic acids is 1. The molecule has 1 aromatic carbocycles. The van der Waals surface area contributed by atoms with Crippen LogP contribution in [0.25, 0.3) is 0 Å². The fourth-order valence-corrected chi connectivity index (χ4v) is 3.94. The number of halogens is 1. The van der Waals surface area contributed by atoms with Gasteiger partial charge in [-0.15, -0.1) is 12.4 Å². The van der Waals surface area contributed by atoms with Crippen molar-refractivity contribution in [3.05, 3.63) is 24.3 Å². The molecule has 2 aliphatic rings.